The number of rotatable bonds is 4. The van der Waals surface area contributed by atoms with Crippen LogP contribution >= 0.6 is 0 Å². The SMILES string of the molecule is Cc1ncccc1-c1nc2cc(C(=O)NCC3CCCCC3)ccc2o1. The van der Waals surface area contributed by atoms with E-state index >= 15 is 0 Å². The number of carbonyl (C=O) groups excluding carboxylic acids is 1. The van der Waals surface area contributed by atoms with Crippen LogP contribution in [0.4, 0.5) is 0 Å². The van der Waals surface area contributed by atoms with E-state index in [9.17, 15) is 4.79 Å². The van der Waals surface area contributed by atoms with Gasteiger partial charge in [-0.2, -0.15) is 0 Å². The first-order chi connectivity index (χ1) is 12.7. The van der Waals surface area contributed by atoms with E-state index in [1.807, 2.05) is 25.1 Å². The second kappa shape index (κ2) is 7.28. The minimum Gasteiger partial charge on any atom is -0.436 e. The third kappa shape index (κ3) is 3.47. The number of nitrogens with one attached hydrogen (secondary N) is 1. The van der Waals surface area contributed by atoms with Gasteiger partial charge in [0.2, 0.25) is 5.89 Å². The Bertz CT molecular complexity index is 926. The molecule has 0 aliphatic heterocycles. The molecule has 0 spiro atoms. The van der Waals surface area contributed by atoms with E-state index in [0.29, 0.717) is 28.5 Å². The normalized spacial score (nSPS) is 15.3. The van der Waals surface area contributed by atoms with Gasteiger partial charge in [-0.05, 0) is 56.0 Å². The Hall–Kier alpha value is -2.69. The fraction of sp³-hybridized carbons (Fsp3) is 0.381. The molecule has 5 heteroatoms. The van der Waals surface area contributed by atoms with Crippen molar-refractivity contribution in [3.8, 4) is 11.5 Å². The molecule has 134 valence electrons. The first kappa shape index (κ1) is 16.8. The van der Waals surface area contributed by atoms with Crippen LogP contribution in [0, 0.1) is 12.8 Å². The number of hydrogen-bond acceptors (Lipinski definition) is 4. The summed E-state index contributed by atoms with van der Waals surface area (Å²) in [6.07, 6.45) is 8.07. The van der Waals surface area contributed by atoms with Gasteiger partial charge in [-0.15, -0.1) is 0 Å². The molecule has 5 nitrogen and oxygen atoms in total. The highest BCUT2D eigenvalue weighted by molar-refractivity contribution is 5.97. The summed E-state index contributed by atoms with van der Waals surface area (Å²) in [6.45, 7) is 2.68. The number of fused-ring (bicyclic) bond motifs is 1. The van der Waals surface area contributed by atoms with Crippen LogP contribution in [-0.2, 0) is 0 Å². The lowest BCUT2D eigenvalue weighted by molar-refractivity contribution is 0.0943. The Labute approximate surface area is 152 Å². The Morgan fingerprint density at radius 3 is 2.88 bits per heavy atom. The van der Waals surface area contributed by atoms with Crippen LogP contribution in [0.5, 0.6) is 0 Å². The average Bonchev–Trinajstić information content (AvgIpc) is 3.10. The molecule has 2 aromatic heterocycles. The van der Waals surface area contributed by atoms with Crippen LogP contribution in [0.2, 0.25) is 0 Å². The summed E-state index contributed by atoms with van der Waals surface area (Å²) in [5, 5.41) is 3.07. The molecular weight excluding hydrogens is 326 g/mol. The zero-order chi connectivity index (χ0) is 17.9. The lowest BCUT2D eigenvalue weighted by atomic mass is 9.89. The van der Waals surface area contributed by atoms with Crippen molar-refractivity contribution in [1.82, 2.24) is 15.3 Å². The monoisotopic (exact) mass is 349 g/mol. The van der Waals surface area contributed by atoms with Crippen LogP contribution in [0.15, 0.2) is 40.9 Å². The Balaban J connectivity index is 1.52. The van der Waals surface area contributed by atoms with Crippen molar-refractivity contribution in [2.45, 2.75) is 39.0 Å². The molecule has 1 aromatic carbocycles. The number of aromatic nitrogens is 2. The standard InChI is InChI=1S/C21H23N3O2/c1-14-17(8-5-11-22-14)21-24-18-12-16(9-10-19(18)26-21)20(25)23-13-15-6-3-2-4-7-15/h5,8-12,15H,2-4,6-7,13H2,1H3,(H,23,25). The van der Waals surface area contributed by atoms with Crippen molar-refractivity contribution in [1.29, 1.82) is 0 Å². The second-order valence-corrected chi connectivity index (χ2v) is 7.05. The minimum atomic E-state index is -0.0421. The Kier molecular flexibility index (Phi) is 4.69. The molecule has 26 heavy (non-hydrogen) atoms. The minimum absolute atomic E-state index is 0.0421. The van der Waals surface area contributed by atoms with Gasteiger partial charge in [0, 0.05) is 24.0 Å². The number of pyridine rings is 1. The van der Waals surface area contributed by atoms with Crippen LogP contribution < -0.4 is 5.32 Å². The Morgan fingerprint density at radius 1 is 1.23 bits per heavy atom. The highest BCUT2D eigenvalue weighted by Gasteiger charge is 2.16. The molecule has 1 N–H and O–H groups in total. The lowest BCUT2D eigenvalue weighted by Crippen LogP contribution is -2.30. The molecule has 0 atom stereocenters. The molecule has 0 bridgehead atoms. The molecule has 2 heterocycles. The van der Waals surface area contributed by atoms with Gasteiger partial charge in [-0.25, -0.2) is 4.98 Å². The first-order valence-electron chi connectivity index (χ1n) is 9.31. The topological polar surface area (TPSA) is 68.0 Å². The molecule has 0 radical (unpaired) electrons. The third-order valence-corrected chi connectivity index (χ3v) is 5.16. The molecule has 1 aliphatic carbocycles. The number of oxazole rings is 1. The van der Waals surface area contributed by atoms with Gasteiger partial charge in [0.15, 0.2) is 5.58 Å². The van der Waals surface area contributed by atoms with E-state index in [1.165, 1.54) is 32.1 Å². The lowest BCUT2D eigenvalue weighted by Gasteiger charge is -2.21. The number of benzene rings is 1. The second-order valence-electron chi connectivity index (χ2n) is 7.05. The van der Waals surface area contributed by atoms with E-state index in [4.69, 9.17) is 4.42 Å². The quantitative estimate of drug-likeness (QED) is 0.752. The zero-order valence-corrected chi connectivity index (χ0v) is 15.0. The highest BCUT2D eigenvalue weighted by atomic mass is 16.3. The molecule has 4 rings (SSSR count). The van der Waals surface area contributed by atoms with Gasteiger partial charge < -0.3 is 9.73 Å². The molecule has 0 unspecified atom stereocenters. The van der Waals surface area contributed by atoms with Crippen LogP contribution in [0.1, 0.15) is 48.2 Å². The van der Waals surface area contributed by atoms with Gasteiger partial charge >= 0.3 is 0 Å². The van der Waals surface area contributed by atoms with E-state index in [-0.39, 0.29) is 5.91 Å². The fourth-order valence-corrected chi connectivity index (χ4v) is 3.62. The maximum absolute atomic E-state index is 12.5. The molecular formula is C21H23N3O2. The maximum Gasteiger partial charge on any atom is 0.251 e. The van der Waals surface area contributed by atoms with E-state index in [2.05, 4.69) is 15.3 Å². The van der Waals surface area contributed by atoms with E-state index < -0.39 is 0 Å². The van der Waals surface area contributed by atoms with Crippen molar-refractivity contribution in [2.24, 2.45) is 5.92 Å². The Morgan fingerprint density at radius 2 is 2.08 bits per heavy atom. The van der Waals surface area contributed by atoms with Crippen LogP contribution in [0.3, 0.4) is 0 Å². The molecule has 1 fully saturated rings. The van der Waals surface area contributed by atoms with Crippen molar-refractivity contribution >= 4 is 17.0 Å². The number of nitrogens with zero attached hydrogens (tertiary/aromatic N) is 2. The summed E-state index contributed by atoms with van der Waals surface area (Å²) < 4.78 is 5.84. The number of carbonyl (C=O) groups is 1. The van der Waals surface area contributed by atoms with Gasteiger partial charge in [0.1, 0.15) is 5.52 Å². The highest BCUT2D eigenvalue weighted by Crippen LogP contribution is 2.26. The van der Waals surface area contributed by atoms with E-state index in [1.54, 1.807) is 18.3 Å². The van der Waals surface area contributed by atoms with Crippen molar-refractivity contribution < 1.29 is 9.21 Å². The smallest absolute Gasteiger partial charge is 0.251 e. The van der Waals surface area contributed by atoms with Crippen LogP contribution in [0.25, 0.3) is 22.6 Å². The summed E-state index contributed by atoms with van der Waals surface area (Å²) in [5.41, 5.74) is 3.72. The predicted octanol–water partition coefficient (Wildman–Crippen LogP) is 4.51. The van der Waals surface area contributed by atoms with Crippen LogP contribution in [-0.4, -0.2) is 22.4 Å². The first-order valence-corrected chi connectivity index (χ1v) is 9.31. The van der Waals surface area contributed by atoms with Crippen molar-refractivity contribution in [2.75, 3.05) is 6.54 Å². The largest absolute Gasteiger partial charge is 0.436 e. The third-order valence-electron chi connectivity index (χ3n) is 5.16. The average molecular weight is 349 g/mol. The van der Waals surface area contributed by atoms with Gasteiger partial charge in [0.25, 0.3) is 5.91 Å². The summed E-state index contributed by atoms with van der Waals surface area (Å²) in [4.78, 5) is 21.3. The number of amides is 1. The zero-order valence-electron chi connectivity index (χ0n) is 15.0. The van der Waals surface area contributed by atoms with Crippen molar-refractivity contribution in [3.05, 3.63) is 47.8 Å². The molecule has 1 amide bonds. The molecule has 3 aromatic rings. The van der Waals surface area contributed by atoms with Crippen molar-refractivity contribution in [3.63, 3.8) is 0 Å². The summed E-state index contributed by atoms with van der Waals surface area (Å²) in [7, 11) is 0. The molecule has 1 aliphatic rings. The number of hydrogen-bond donors (Lipinski definition) is 1. The van der Waals surface area contributed by atoms with Gasteiger partial charge in [-0.3, -0.25) is 9.78 Å². The predicted molar refractivity (Wildman–Crippen MR) is 101 cm³/mol. The van der Waals surface area contributed by atoms with E-state index in [0.717, 1.165) is 17.8 Å². The summed E-state index contributed by atoms with van der Waals surface area (Å²) in [5.74, 6) is 1.11. The fourth-order valence-electron chi connectivity index (χ4n) is 3.62. The summed E-state index contributed by atoms with van der Waals surface area (Å²) in [6, 6.07) is 9.20. The summed E-state index contributed by atoms with van der Waals surface area (Å²) >= 11 is 0. The molecule has 0 saturated heterocycles. The maximum atomic E-state index is 12.5. The van der Waals surface area contributed by atoms with Gasteiger partial charge in [0.05, 0.1) is 5.56 Å². The molecule has 1 saturated carbocycles. The van der Waals surface area contributed by atoms with Gasteiger partial charge in [-0.1, -0.05) is 19.3 Å². The number of aryl methyl sites for hydroxylation is 1.